The van der Waals surface area contributed by atoms with Gasteiger partial charge in [-0.25, -0.2) is 0 Å². The van der Waals surface area contributed by atoms with Crippen LogP contribution < -0.4 is 0 Å². The Kier molecular flexibility index (Phi) is 6.79. The van der Waals surface area contributed by atoms with Crippen LogP contribution in [0.4, 0.5) is 0 Å². The second-order valence-corrected chi connectivity index (χ2v) is 6.98. The normalized spacial score (nSPS) is 9.95. The SMILES string of the molecule is CCC.c1ccc([S+](c2ccccc2)c2ccccc2)cc1. The summed E-state index contributed by atoms with van der Waals surface area (Å²) in [4.78, 5) is 4.08. The quantitative estimate of drug-likeness (QED) is 0.505. The molecule has 0 saturated heterocycles. The monoisotopic (exact) mass is 307 g/mol. The lowest BCUT2D eigenvalue weighted by Gasteiger charge is -2.07. The molecule has 0 heterocycles. The molecule has 3 aromatic rings. The van der Waals surface area contributed by atoms with E-state index in [0.717, 1.165) is 0 Å². The predicted octanol–water partition coefficient (Wildman–Crippen LogP) is 6.20. The number of hydrogen-bond acceptors (Lipinski definition) is 0. The summed E-state index contributed by atoms with van der Waals surface area (Å²) >= 11 is 0. The summed E-state index contributed by atoms with van der Waals surface area (Å²) < 4.78 is 0. The minimum atomic E-state index is -0.0146. The molecule has 0 bridgehead atoms. The van der Waals surface area contributed by atoms with Gasteiger partial charge in [-0.05, 0) is 36.4 Å². The summed E-state index contributed by atoms with van der Waals surface area (Å²) in [7, 11) is -0.0146. The Bertz CT molecular complexity index is 539. The highest BCUT2D eigenvalue weighted by atomic mass is 32.2. The van der Waals surface area contributed by atoms with E-state index in [1.807, 2.05) is 0 Å². The average molecular weight is 307 g/mol. The van der Waals surface area contributed by atoms with Crippen LogP contribution in [0, 0.1) is 0 Å². The summed E-state index contributed by atoms with van der Waals surface area (Å²) in [6.45, 7) is 4.25. The topological polar surface area (TPSA) is 0 Å². The van der Waals surface area contributed by atoms with Crippen molar-refractivity contribution >= 4 is 10.9 Å². The average Bonchev–Trinajstić information content (AvgIpc) is 2.59. The van der Waals surface area contributed by atoms with Crippen molar-refractivity contribution in [1.29, 1.82) is 0 Å². The van der Waals surface area contributed by atoms with Crippen LogP contribution in [0.5, 0.6) is 0 Å². The lowest BCUT2D eigenvalue weighted by molar-refractivity contribution is 1.09. The van der Waals surface area contributed by atoms with Gasteiger partial charge in [0.2, 0.25) is 0 Å². The first-order chi connectivity index (χ1) is 10.9. The molecule has 0 unspecified atom stereocenters. The molecule has 3 aromatic carbocycles. The van der Waals surface area contributed by atoms with Gasteiger partial charge < -0.3 is 0 Å². The van der Waals surface area contributed by atoms with E-state index in [1.54, 1.807) is 0 Å². The smallest absolute Gasteiger partial charge is 0.0656 e. The van der Waals surface area contributed by atoms with Crippen LogP contribution in [0.2, 0.25) is 0 Å². The largest absolute Gasteiger partial charge is 0.166 e. The maximum atomic E-state index is 2.21. The second-order valence-electron chi connectivity index (χ2n) is 4.95. The Labute approximate surface area is 137 Å². The summed E-state index contributed by atoms with van der Waals surface area (Å²) in [5.41, 5.74) is 0. The Morgan fingerprint density at radius 1 is 0.500 bits per heavy atom. The van der Waals surface area contributed by atoms with Gasteiger partial charge in [-0.2, -0.15) is 0 Å². The zero-order valence-electron chi connectivity index (χ0n) is 13.3. The summed E-state index contributed by atoms with van der Waals surface area (Å²) in [6.07, 6.45) is 1.25. The van der Waals surface area contributed by atoms with Crippen LogP contribution in [0.25, 0.3) is 0 Å². The van der Waals surface area contributed by atoms with Gasteiger partial charge in [0.25, 0.3) is 0 Å². The predicted molar refractivity (Wildman–Crippen MR) is 97.5 cm³/mol. The van der Waals surface area contributed by atoms with E-state index >= 15 is 0 Å². The van der Waals surface area contributed by atoms with Gasteiger partial charge >= 0.3 is 0 Å². The fraction of sp³-hybridized carbons (Fsp3) is 0.143. The zero-order chi connectivity index (χ0) is 15.6. The maximum absolute atomic E-state index is 2.21. The molecule has 0 atom stereocenters. The van der Waals surface area contributed by atoms with Crippen molar-refractivity contribution in [3.63, 3.8) is 0 Å². The Hall–Kier alpha value is -1.99. The highest BCUT2D eigenvalue weighted by molar-refractivity contribution is 7.97. The molecule has 112 valence electrons. The fourth-order valence-electron chi connectivity index (χ4n) is 2.08. The molecule has 0 aliphatic rings. The van der Waals surface area contributed by atoms with Gasteiger partial charge in [-0.1, -0.05) is 74.9 Å². The standard InChI is InChI=1S/C18H15S.C3H8/c1-4-10-16(11-5-1)19(17-12-6-2-7-13-17)18-14-8-3-9-15-18;1-3-2/h1-15H;3H2,1-2H3/q+1;. The third-order valence-electron chi connectivity index (χ3n) is 2.94. The Morgan fingerprint density at radius 2 is 0.727 bits per heavy atom. The van der Waals surface area contributed by atoms with Crippen molar-refractivity contribution in [2.75, 3.05) is 0 Å². The maximum Gasteiger partial charge on any atom is 0.166 e. The lowest BCUT2D eigenvalue weighted by Crippen LogP contribution is -2.04. The molecule has 0 fully saturated rings. The van der Waals surface area contributed by atoms with Crippen molar-refractivity contribution in [1.82, 2.24) is 0 Å². The van der Waals surface area contributed by atoms with Crippen molar-refractivity contribution in [2.24, 2.45) is 0 Å². The van der Waals surface area contributed by atoms with Crippen molar-refractivity contribution in [3.8, 4) is 0 Å². The molecule has 0 aromatic heterocycles. The third kappa shape index (κ3) is 4.51. The molecule has 0 radical (unpaired) electrons. The molecule has 0 N–H and O–H groups in total. The van der Waals surface area contributed by atoms with Gasteiger partial charge in [0.1, 0.15) is 0 Å². The van der Waals surface area contributed by atoms with Crippen LogP contribution in [0.15, 0.2) is 106 Å². The minimum absolute atomic E-state index is 0.0146. The third-order valence-corrected chi connectivity index (χ3v) is 5.17. The first kappa shape index (κ1) is 16.4. The van der Waals surface area contributed by atoms with Gasteiger partial charge in [-0.3, -0.25) is 0 Å². The first-order valence-corrected chi connectivity index (χ1v) is 8.98. The Morgan fingerprint density at radius 3 is 0.955 bits per heavy atom. The molecule has 3 rings (SSSR count). The lowest BCUT2D eigenvalue weighted by atomic mass is 10.4. The molecule has 0 aliphatic carbocycles. The molecule has 0 amide bonds. The fourth-order valence-corrected chi connectivity index (χ4v) is 4.18. The highest BCUT2D eigenvalue weighted by Gasteiger charge is 2.27. The van der Waals surface area contributed by atoms with E-state index in [9.17, 15) is 0 Å². The second kappa shape index (κ2) is 9.11. The van der Waals surface area contributed by atoms with Gasteiger partial charge in [-0.15, -0.1) is 0 Å². The van der Waals surface area contributed by atoms with E-state index in [4.69, 9.17) is 0 Å². The van der Waals surface area contributed by atoms with Crippen LogP contribution in [-0.4, -0.2) is 0 Å². The van der Waals surface area contributed by atoms with E-state index < -0.39 is 0 Å². The van der Waals surface area contributed by atoms with Crippen LogP contribution in [-0.2, 0) is 10.9 Å². The number of benzene rings is 3. The molecular weight excluding hydrogens is 284 g/mol. The Balaban J connectivity index is 0.000000545. The van der Waals surface area contributed by atoms with E-state index in [1.165, 1.54) is 21.1 Å². The van der Waals surface area contributed by atoms with Gasteiger partial charge in [0, 0.05) is 0 Å². The van der Waals surface area contributed by atoms with Gasteiger partial charge in [0.05, 0.1) is 10.9 Å². The zero-order valence-corrected chi connectivity index (χ0v) is 14.1. The molecule has 0 saturated carbocycles. The molecule has 22 heavy (non-hydrogen) atoms. The number of hydrogen-bond donors (Lipinski definition) is 0. The number of rotatable bonds is 3. The van der Waals surface area contributed by atoms with Crippen LogP contribution >= 0.6 is 0 Å². The molecule has 1 heteroatoms. The summed E-state index contributed by atoms with van der Waals surface area (Å²) in [5, 5.41) is 0. The van der Waals surface area contributed by atoms with Crippen molar-refractivity contribution < 1.29 is 0 Å². The molecule has 0 aliphatic heterocycles. The van der Waals surface area contributed by atoms with Crippen molar-refractivity contribution in [2.45, 2.75) is 35.0 Å². The summed E-state index contributed by atoms with van der Waals surface area (Å²) in [5.74, 6) is 0. The molecular formula is C21H23S+. The highest BCUT2D eigenvalue weighted by Crippen LogP contribution is 2.30. The van der Waals surface area contributed by atoms with Gasteiger partial charge in [0.15, 0.2) is 14.7 Å². The van der Waals surface area contributed by atoms with E-state index in [0.29, 0.717) is 0 Å². The first-order valence-electron chi connectivity index (χ1n) is 7.76. The van der Waals surface area contributed by atoms with Crippen molar-refractivity contribution in [3.05, 3.63) is 91.0 Å². The van der Waals surface area contributed by atoms with Crippen LogP contribution in [0.3, 0.4) is 0 Å². The minimum Gasteiger partial charge on any atom is -0.0656 e. The molecule has 0 nitrogen and oxygen atoms in total. The van der Waals surface area contributed by atoms with Crippen LogP contribution in [0.1, 0.15) is 20.3 Å². The molecule has 0 spiro atoms. The van der Waals surface area contributed by atoms with E-state index in [2.05, 4.69) is 105 Å². The summed E-state index contributed by atoms with van der Waals surface area (Å²) in [6, 6.07) is 32.2. The van der Waals surface area contributed by atoms with E-state index in [-0.39, 0.29) is 10.9 Å².